The number of nitrogen functional groups attached to an aromatic ring is 1. The van der Waals surface area contributed by atoms with E-state index in [-0.39, 0.29) is 16.6 Å². The zero-order valence-corrected chi connectivity index (χ0v) is 15.7. The minimum atomic E-state index is -3.72. The van der Waals surface area contributed by atoms with E-state index in [2.05, 4.69) is 15.3 Å². The Hall–Kier alpha value is -3.45. The maximum atomic E-state index is 13.1. The van der Waals surface area contributed by atoms with Gasteiger partial charge in [0.2, 0.25) is 9.84 Å². The molecule has 4 rings (SSSR count). The summed E-state index contributed by atoms with van der Waals surface area (Å²) in [5.74, 6) is 0.0384. The molecule has 0 amide bonds. The topological polar surface area (TPSA) is 98.0 Å². The van der Waals surface area contributed by atoms with E-state index in [4.69, 9.17) is 5.73 Å². The summed E-state index contributed by atoms with van der Waals surface area (Å²) in [5, 5.41) is 3.00. The van der Waals surface area contributed by atoms with Crippen LogP contribution in [0.3, 0.4) is 0 Å². The Bertz CT molecular complexity index is 1220. The van der Waals surface area contributed by atoms with Crippen molar-refractivity contribution in [2.24, 2.45) is 0 Å². The molecule has 4 aromatic rings. The van der Waals surface area contributed by atoms with E-state index >= 15 is 0 Å². The maximum absolute atomic E-state index is 13.1. The van der Waals surface area contributed by atoms with E-state index < -0.39 is 9.84 Å². The molecule has 28 heavy (non-hydrogen) atoms. The minimum absolute atomic E-state index is 0.0770. The maximum Gasteiger partial charge on any atom is 0.203 e. The lowest BCUT2D eigenvalue weighted by atomic mass is 10.2. The highest BCUT2D eigenvalue weighted by molar-refractivity contribution is 7.90. The molecular weight excluding hydrogens is 372 g/mol. The van der Waals surface area contributed by atoms with Crippen LogP contribution in [0.2, 0.25) is 0 Å². The van der Waals surface area contributed by atoms with E-state index in [0.717, 1.165) is 0 Å². The lowest BCUT2D eigenvalue weighted by Gasteiger charge is -2.13. The molecule has 0 unspecified atom stereocenters. The Morgan fingerprint density at radius 3 is 2.07 bits per heavy atom. The molecule has 6 nitrogen and oxygen atoms in total. The van der Waals surface area contributed by atoms with Crippen LogP contribution >= 0.6 is 0 Å². The van der Waals surface area contributed by atoms with Gasteiger partial charge in [-0.05, 0) is 42.0 Å². The second-order valence-corrected chi connectivity index (χ2v) is 8.26. The molecule has 0 atom stereocenters. The molecule has 0 saturated carbocycles. The van der Waals surface area contributed by atoms with Crippen molar-refractivity contribution in [2.45, 2.75) is 10.8 Å². The van der Waals surface area contributed by atoms with Gasteiger partial charge in [0.05, 0.1) is 16.8 Å². The zero-order valence-electron chi connectivity index (χ0n) is 14.9. The molecule has 0 fully saturated rings. The Balaban J connectivity index is 1.81. The number of rotatable bonds is 5. The predicted octanol–water partition coefficient (Wildman–Crippen LogP) is 3.93. The monoisotopic (exact) mass is 390 g/mol. The number of nitrogens with two attached hydrogens (primary N) is 1. The van der Waals surface area contributed by atoms with Gasteiger partial charge in [-0.15, -0.1) is 0 Å². The number of para-hydroxylation sites is 2. The van der Waals surface area contributed by atoms with E-state index in [1.165, 1.54) is 0 Å². The normalized spacial score (nSPS) is 11.4. The number of nitrogens with one attached hydrogen (secondary N) is 1. The molecule has 0 saturated heterocycles. The van der Waals surface area contributed by atoms with E-state index in [1.807, 2.05) is 24.3 Å². The number of fused-ring (bicyclic) bond motifs is 1. The number of hydrogen-bond acceptors (Lipinski definition) is 6. The Kier molecular flexibility index (Phi) is 4.67. The lowest BCUT2D eigenvalue weighted by molar-refractivity contribution is 0.592. The summed E-state index contributed by atoms with van der Waals surface area (Å²) in [7, 11) is -3.72. The average molecular weight is 390 g/mol. The number of hydrogen-bond donors (Lipinski definition) is 2. The van der Waals surface area contributed by atoms with E-state index in [0.29, 0.717) is 28.0 Å². The van der Waals surface area contributed by atoms with Gasteiger partial charge < -0.3 is 11.1 Å². The van der Waals surface area contributed by atoms with Crippen molar-refractivity contribution >= 4 is 38.1 Å². The van der Waals surface area contributed by atoms with Crippen molar-refractivity contribution < 1.29 is 8.42 Å². The van der Waals surface area contributed by atoms with Gasteiger partial charge >= 0.3 is 0 Å². The molecule has 0 aliphatic heterocycles. The molecule has 1 heterocycles. The molecule has 3 aromatic carbocycles. The van der Waals surface area contributed by atoms with Gasteiger partial charge in [-0.3, -0.25) is 0 Å². The van der Waals surface area contributed by atoms with Crippen molar-refractivity contribution in [3.63, 3.8) is 0 Å². The van der Waals surface area contributed by atoms with Gasteiger partial charge in [0, 0.05) is 11.4 Å². The first-order valence-electron chi connectivity index (χ1n) is 8.67. The van der Waals surface area contributed by atoms with Gasteiger partial charge in [-0.1, -0.05) is 42.5 Å². The first kappa shape index (κ1) is 17.9. The summed E-state index contributed by atoms with van der Waals surface area (Å²) in [4.78, 5) is 8.94. The highest BCUT2D eigenvalue weighted by Crippen LogP contribution is 2.27. The van der Waals surface area contributed by atoms with Crippen molar-refractivity contribution in [1.82, 2.24) is 9.97 Å². The van der Waals surface area contributed by atoms with Crippen LogP contribution in [0.5, 0.6) is 0 Å². The summed E-state index contributed by atoms with van der Waals surface area (Å²) >= 11 is 0. The minimum Gasteiger partial charge on any atom is -0.399 e. The second kappa shape index (κ2) is 7.28. The summed E-state index contributed by atoms with van der Waals surface area (Å²) in [6.07, 6.45) is 0. The number of nitrogens with zero attached hydrogens (tertiary/aromatic N) is 2. The summed E-state index contributed by atoms with van der Waals surface area (Å²) < 4.78 is 26.3. The first-order chi connectivity index (χ1) is 13.5. The molecule has 140 valence electrons. The van der Waals surface area contributed by atoms with E-state index in [1.54, 1.807) is 54.6 Å². The summed E-state index contributed by atoms with van der Waals surface area (Å²) in [6.45, 7) is 0. The van der Waals surface area contributed by atoms with Crippen molar-refractivity contribution in [3.05, 3.63) is 84.4 Å². The van der Waals surface area contributed by atoms with Crippen LogP contribution < -0.4 is 11.1 Å². The van der Waals surface area contributed by atoms with Crippen LogP contribution in [0.25, 0.3) is 11.0 Å². The van der Waals surface area contributed by atoms with Gasteiger partial charge in [0.1, 0.15) is 0 Å². The Morgan fingerprint density at radius 1 is 0.786 bits per heavy atom. The number of anilines is 3. The Morgan fingerprint density at radius 2 is 1.39 bits per heavy atom. The highest BCUT2D eigenvalue weighted by atomic mass is 32.2. The quantitative estimate of drug-likeness (QED) is 0.501. The standard InChI is InChI=1S/C21H18N4O2S/c22-16-10-12-17(13-11-16)23-20-21(25-19-9-5-4-8-18(19)24-20)28(26,27)14-15-6-2-1-3-7-15/h1-13H,14,22H2,(H,23,24). The largest absolute Gasteiger partial charge is 0.399 e. The average Bonchev–Trinajstić information content (AvgIpc) is 2.69. The lowest BCUT2D eigenvalue weighted by Crippen LogP contribution is -2.12. The van der Waals surface area contributed by atoms with Gasteiger partial charge in [-0.2, -0.15) is 0 Å². The van der Waals surface area contributed by atoms with Crippen LogP contribution in [0.4, 0.5) is 17.2 Å². The van der Waals surface area contributed by atoms with Gasteiger partial charge in [0.15, 0.2) is 10.8 Å². The number of benzene rings is 3. The highest BCUT2D eigenvalue weighted by Gasteiger charge is 2.24. The molecule has 0 bridgehead atoms. The zero-order chi connectivity index (χ0) is 19.6. The SMILES string of the molecule is Nc1ccc(Nc2nc3ccccc3nc2S(=O)(=O)Cc2ccccc2)cc1. The number of aromatic nitrogens is 2. The van der Waals surface area contributed by atoms with Crippen LogP contribution in [-0.4, -0.2) is 18.4 Å². The Labute approximate surface area is 163 Å². The first-order valence-corrected chi connectivity index (χ1v) is 10.3. The summed E-state index contributed by atoms with van der Waals surface area (Å²) in [6, 6.07) is 23.2. The molecular formula is C21H18N4O2S. The predicted molar refractivity (Wildman–Crippen MR) is 111 cm³/mol. The molecule has 1 aromatic heterocycles. The molecule has 0 spiro atoms. The summed E-state index contributed by atoms with van der Waals surface area (Å²) in [5.41, 5.74) is 8.85. The second-order valence-electron chi connectivity index (χ2n) is 6.36. The van der Waals surface area contributed by atoms with Gasteiger partial charge in [0.25, 0.3) is 0 Å². The molecule has 0 aliphatic rings. The molecule has 0 radical (unpaired) electrons. The smallest absolute Gasteiger partial charge is 0.203 e. The van der Waals surface area contributed by atoms with Crippen LogP contribution in [0.1, 0.15) is 5.56 Å². The molecule has 0 aliphatic carbocycles. The van der Waals surface area contributed by atoms with Crippen molar-refractivity contribution in [1.29, 1.82) is 0 Å². The number of sulfone groups is 1. The fraction of sp³-hybridized carbons (Fsp3) is 0.0476. The fourth-order valence-electron chi connectivity index (χ4n) is 2.85. The third-order valence-corrected chi connectivity index (χ3v) is 5.79. The van der Waals surface area contributed by atoms with Crippen LogP contribution in [0.15, 0.2) is 83.9 Å². The van der Waals surface area contributed by atoms with E-state index in [9.17, 15) is 8.42 Å². The molecule has 7 heteroatoms. The van der Waals surface area contributed by atoms with Crippen molar-refractivity contribution in [3.8, 4) is 0 Å². The third-order valence-electron chi connectivity index (χ3n) is 4.21. The van der Waals surface area contributed by atoms with Crippen molar-refractivity contribution in [2.75, 3.05) is 11.1 Å². The fourth-order valence-corrected chi connectivity index (χ4v) is 4.24. The third kappa shape index (κ3) is 3.79. The van der Waals surface area contributed by atoms with Crippen LogP contribution in [-0.2, 0) is 15.6 Å². The van der Waals surface area contributed by atoms with Crippen LogP contribution in [0, 0.1) is 0 Å². The van der Waals surface area contributed by atoms with Gasteiger partial charge in [-0.25, -0.2) is 18.4 Å². The molecule has 3 N–H and O–H groups in total.